The summed E-state index contributed by atoms with van der Waals surface area (Å²) in [6, 6.07) is 7.82. The van der Waals surface area contributed by atoms with E-state index in [9.17, 15) is 0 Å². The standard InChI is InChI=1S/C13H17ClN4O.ClH/c1-2-18(8-10-5-3-4-6-11(10)14)9-12-16-13(7-15)19-17-12;/h3-6H,2,7-9,15H2,1H3;1H. The van der Waals surface area contributed by atoms with Gasteiger partial charge in [0.15, 0.2) is 5.82 Å². The zero-order valence-electron chi connectivity index (χ0n) is 11.3. The normalized spacial score (nSPS) is 10.6. The predicted molar refractivity (Wildman–Crippen MR) is 80.7 cm³/mol. The maximum Gasteiger partial charge on any atom is 0.240 e. The minimum atomic E-state index is 0. The van der Waals surface area contributed by atoms with Gasteiger partial charge in [0.2, 0.25) is 5.89 Å². The maximum atomic E-state index is 6.16. The fourth-order valence-corrected chi connectivity index (χ4v) is 1.98. The molecule has 2 N–H and O–H groups in total. The summed E-state index contributed by atoms with van der Waals surface area (Å²) in [5.41, 5.74) is 6.53. The maximum absolute atomic E-state index is 6.16. The molecule has 1 aromatic carbocycles. The van der Waals surface area contributed by atoms with Gasteiger partial charge in [-0.2, -0.15) is 4.98 Å². The van der Waals surface area contributed by atoms with E-state index in [1.165, 1.54) is 0 Å². The summed E-state index contributed by atoms with van der Waals surface area (Å²) in [4.78, 5) is 6.39. The van der Waals surface area contributed by atoms with E-state index in [-0.39, 0.29) is 19.0 Å². The molecule has 1 heterocycles. The average molecular weight is 317 g/mol. The first-order valence-electron chi connectivity index (χ1n) is 6.20. The molecule has 0 aliphatic heterocycles. The van der Waals surface area contributed by atoms with Gasteiger partial charge in [0, 0.05) is 11.6 Å². The molecule has 0 saturated carbocycles. The molecule has 0 aliphatic rings. The van der Waals surface area contributed by atoms with Gasteiger partial charge >= 0.3 is 0 Å². The Bertz CT molecular complexity index is 533. The molecule has 0 spiro atoms. The molecule has 0 amide bonds. The lowest BCUT2D eigenvalue weighted by Gasteiger charge is -2.19. The summed E-state index contributed by atoms with van der Waals surface area (Å²) in [6.45, 7) is 4.59. The molecule has 0 saturated heterocycles. The molecule has 0 radical (unpaired) electrons. The first-order chi connectivity index (χ1) is 9.22. The second kappa shape index (κ2) is 8.21. The largest absolute Gasteiger partial charge is 0.338 e. The van der Waals surface area contributed by atoms with Crippen LogP contribution in [-0.2, 0) is 19.6 Å². The molecule has 7 heteroatoms. The summed E-state index contributed by atoms with van der Waals surface area (Å²) < 4.78 is 4.99. The highest BCUT2D eigenvalue weighted by Gasteiger charge is 2.11. The van der Waals surface area contributed by atoms with Gasteiger partial charge < -0.3 is 10.3 Å². The van der Waals surface area contributed by atoms with Gasteiger partial charge in [0.05, 0.1) is 13.1 Å². The van der Waals surface area contributed by atoms with Crippen molar-refractivity contribution < 1.29 is 4.52 Å². The van der Waals surface area contributed by atoms with Gasteiger partial charge in [-0.05, 0) is 18.2 Å². The molecule has 0 fully saturated rings. The van der Waals surface area contributed by atoms with Crippen LogP contribution in [0, 0.1) is 0 Å². The highest BCUT2D eigenvalue weighted by atomic mass is 35.5. The molecular formula is C13H18Cl2N4O. The first kappa shape index (κ1) is 16.9. The lowest BCUT2D eigenvalue weighted by Crippen LogP contribution is -2.23. The fraction of sp³-hybridized carbons (Fsp3) is 0.385. The molecule has 1 aromatic heterocycles. The quantitative estimate of drug-likeness (QED) is 0.887. The van der Waals surface area contributed by atoms with E-state index >= 15 is 0 Å². The van der Waals surface area contributed by atoms with E-state index in [1.807, 2.05) is 24.3 Å². The number of aromatic nitrogens is 2. The first-order valence-corrected chi connectivity index (χ1v) is 6.58. The van der Waals surface area contributed by atoms with E-state index in [1.54, 1.807) is 0 Å². The molecule has 0 atom stereocenters. The number of hydrogen-bond acceptors (Lipinski definition) is 5. The molecule has 20 heavy (non-hydrogen) atoms. The van der Waals surface area contributed by atoms with E-state index in [0.29, 0.717) is 18.3 Å². The molecule has 0 unspecified atom stereocenters. The van der Waals surface area contributed by atoms with Crippen LogP contribution in [0.15, 0.2) is 28.8 Å². The molecule has 0 aliphatic carbocycles. The summed E-state index contributed by atoms with van der Waals surface area (Å²) in [7, 11) is 0. The molecular weight excluding hydrogens is 299 g/mol. The van der Waals surface area contributed by atoms with Crippen molar-refractivity contribution in [1.82, 2.24) is 15.0 Å². The van der Waals surface area contributed by atoms with Gasteiger partial charge in [-0.25, -0.2) is 0 Å². The van der Waals surface area contributed by atoms with Crippen LogP contribution in [0.3, 0.4) is 0 Å². The van der Waals surface area contributed by atoms with E-state index < -0.39 is 0 Å². The Balaban J connectivity index is 0.00000200. The monoisotopic (exact) mass is 316 g/mol. The third-order valence-corrected chi connectivity index (χ3v) is 3.22. The predicted octanol–water partition coefficient (Wildman–Crippen LogP) is 2.63. The summed E-state index contributed by atoms with van der Waals surface area (Å²) in [5.74, 6) is 1.11. The summed E-state index contributed by atoms with van der Waals surface area (Å²) in [5, 5.41) is 4.67. The zero-order valence-corrected chi connectivity index (χ0v) is 12.8. The van der Waals surface area contributed by atoms with Crippen LogP contribution >= 0.6 is 24.0 Å². The van der Waals surface area contributed by atoms with Gasteiger partial charge in [-0.1, -0.05) is 41.9 Å². The third kappa shape index (κ3) is 4.45. The fourth-order valence-electron chi connectivity index (χ4n) is 1.78. The minimum Gasteiger partial charge on any atom is -0.338 e. The summed E-state index contributed by atoms with van der Waals surface area (Å²) in [6.07, 6.45) is 0. The Hall–Kier alpha value is -1.14. The van der Waals surface area contributed by atoms with Crippen molar-refractivity contribution in [2.24, 2.45) is 5.73 Å². The number of nitrogens with zero attached hydrogens (tertiary/aromatic N) is 3. The van der Waals surface area contributed by atoms with Crippen molar-refractivity contribution in [3.05, 3.63) is 46.6 Å². The molecule has 2 rings (SSSR count). The number of benzene rings is 1. The number of hydrogen-bond donors (Lipinski definition) is 1. The van der Waals surface area contributed by atoms with E-state index in [4.69, 9.17) is 21.9 Å². The molecule has 110 valence electrons. The van der Waals surface area contributed by atoms with Gasteiger partial charge in [-0.3, -0.25) is 4.90 Å². The molecule has 0 bridgehead atoms. The molecule has 2 aromatic rings. The number of nitrogens with two attached hydrogens (primary N) is 1. The molecule has 5 nitrogen and oxygen atoms in total. The number of halogens is 2. The van der Waals surface area contributed by atoms with Gasteiger partial charge in [0.25, 0.3) is 0 Å². The second-order valence-corrected chi connectivity index (χ2v) is 4.61. The van der Waals surface area contributed by atoms with Gasteiger partial charge in [0.1, 0.15) is 0 Å². The lowest BCUT2D eigenvalue weighted by atomic mass is 10.2. The zero-order chi connectivity index (χ0) is 13.7. The van der Waals surface area contributed by atoms with Crippen molar-refractivity contribution in [2.45, 2.75) is 26.6 Å². The SMILES string of the molecule is CCN(Cc1noc(CN)n1)Cc1ccccc1Cl.Cl. The van der Waals surface area contributed by atoms with Crippen molar-refractivity contribution >= 4 is 24.0 Å². The number of rotatable bonds is 6. The average Bonchev–Trinajstić information content (AvgIpc) is 2.88. The Morgan fingerprint density at radius 1 is 1.30 bits per heavy atom. The van der Waals surface area contributed by atoms with Gasteiger partial charge in [-0.15, -0.1) is 12.4 Å². The van der Waals surface area contributed by atoms with Crippen molar-refractivity contribution in [1.29, 1.82) is 0 Å². The minimum absolute atomic E-state index is 0. The topological polar surface area (TPSA) is 68.2 Å². The van der Waals surface area contributed by atoms with Crippen LogP contribution < -0.4 is 5.73 Å². The van der Waals surface area contributed by atoms with E-state index in [0.717, 1.165) is 23.7 Å². The van der Waals surface area contributed by atoms with Crippen LogP contribution in [-0.4, -0.2) is 21.6 Å². The van der Waals surface area contributed by atoms with Crippen LogP contribution in [0.4, 0.5) is 0 Å². The Labute approximate surface area is 129 Å². The summed E-state index contributed by atoms with van der Waals surface area (Å²) >= 11 is 6.16. The van der Waals surface area contributed by atoms with Crippen LogP contribution in [0.5, 0.6) is 0 Å². The van der Waals surface area contributed by atoms with Crippen molar-refractivity contribution in [3.63, 3.8) is 0 Å². The third-order valence-electron chi connectivity index (χ3n) is 2.85. The van der Waals surface area contributed by atoms with Crippen LogP contribution in [0.2, 0.25) is 5.02 Å². The Kier molecular flexibility index (Phi) is 6.95. The lowest BCUT2D eigenvalue weighted by molar-refractivity contribution is 0.259. The highest BCUT2D eigenvalue weighted by molar-refractivity contribution is 6.31. The highest BCUT2D eigenvalue weighted by Crippen LogP contribution is 2.17. The van der Waals surface area contributed by atoms with Crippen LogP contribution in [0.25, 0.3) is 0 Å². The van der Waals surface area contributed by atoms with Crippen LogP contribution in [0.1, 0.15) is 24.2 Å². The second-order valence-electron chi connectivity index (χ2n) is 4.20. The van der Waals surface area contributed by atoms with Crippen molar-refractivity contribution in [3.8, 4) is 0 Å². The smallest absolute Gasteiger partial charge is 0.240 e. The Morgan fingerprint density at radius 3 is 2.65 bits per heavy atom. The van der Waals surface area contributed by atoms with Crippen molar-refractivity contribution in [2.75, 3.05) is 6.54 Å². The van der Waals surface area contributed by atoms with E-state index in [2.05, 4.69) is 22.0 Å². The Morgan fingerprint density at radius 2 is 2.05 bits per heavy atom.